The van der Waals surface area contributed by atoms with E-state index in [0.717, 1.165) is 32.4 Å². The van der Waals surface area contributed by atoms with Crippen molar-refractivity contribution < 1.29 is 31.1 Å². The first-order chi connectivity index (χ1) is 17.8. The van der Waals surface area contributed by atoms with Gasteiger partial charge in [0.25, 0.3) is 0 Å². The Balaban J connectivity index is 1.20. The van der Waals surface area contributed by atoms with Crippen LogP contribution in [0.2, 0.25) is 0 Å². The van der Waals surface area contributed by atoms with Crippen molar-refractivity contribution in [1.82, 2.24) is 10.2 Å². The molecule has 0 bridgehead atoms. The minimum atomic E-state index is -4.92. The molecule has 2 fully saturated rings. The first-order valence-electron chi connectivity index (χ1n) is 12.9. The molecule has 2 aromatic rings. The van der Waals surface area contributed by atoms with E-state index in [9.17, 15) is 31.1 Å². The summed E-state index contributed by atoms with van der Waals surface area (Å²) in [4.78, 5) is 15.5. The lowest BCUT2D eigenvalue weighted by Gasteiger charge is -2.42. The number of fused-ring (bicyclic) bond motifs is 2. The lowest BCUT2D eigenvalue weighted by Crippen LogP contribution is -2.46. The Labute approximate surface area is 217 Å². The Morgan fingerprint density at radius 3 is 2.24 bits per heavy atom. The molecule has 1 N–H and O–H groups in total. The molecule has 1 amide bonds. The Morgan fingerprint density at radius 2 is 1.61 bits per heavy atom. The summed E-state index contributed by atoms with van der Waals surface area (Å²) in [5.74, 6) is -0.341. The Bertz CT molecular complexity index is 1210. The van der Waals surface area contributed by atoms with Crippen molar-refractivity contribution in [2.24, 2.45) is 5.41 Å². The van der Waals surface area contributed by atoms with Crippen LogP contribution in [0.5, 0.6) is 0 Å². The molecule has 1 heterocycles. The minimum Gasteiger partial charge on any atom is -0.352 e. The highest BCUT2D eigenvalue weighted by atomic mass is 19.4. The number of alkyl halides is 6. The lowest BCUT2D eigenvalue weighted by atomic mass is 9.74. The molecule has 9 heteroatoms. The van der Waals surface area contributed by atoms with Gasteiger partial charge in [0.1, 0.15) is 0 Å². The van der Waals surface area contributed by atoms with E-state index >= 15 is 0 Å². The molecular weight excluding hydrogens is 506 g/mol. The fraction of sp³-hybridized carbons (Fsp3) is 0.483. The van der Waals surface area contributed by atoms with Gasteiger partial charge in [-0.2, -0.15) is 26.3 Å². The van der Waals surface area contributed by atoms with Crippen molar-refractivity contribution in [3.05, 3.63) is 76.4 Å². The van der Waals surface area contributed by atoms with Crippen molar-refractivity contribution in [1.29, 1.82) is 0 Å². The van der Waals surface area contributed by atoms with Crippen LogP contribution in [0.3, 0.4) is 0 Å². The Kier molecular flexibility index (Phi) is 6.65. The van der Waals surface area contributed by atoms with E-state index in [4.69, 9.17) is 0 Å². The average Bonchev–Trinajstić information content (AvgIpc) is 3.44. The maximum Gasteiger partial charge on any atom is 0.416 e. The molecule has 204 valence electrons. The standard InChI is InChI=1S/C29H30F6N2O/c1-26(25(38)36-18-19-14-21(28(30,31)32)16-22(15-19)29(33,34)35)8-7-23(17-26)37-12-10-27(11-13-37)9-6-20-4-2-3-5-24(20)27/h2-6,9,14-16,23H,7-8,10-13,17-18H2,1H3,(H,36,38)/t23-,26+/m1/s1. The van der Waals surface area contributed by atoms with Gasteiger partial charge in [0, 0.05) is 23.4 Å². The van der Waals surface area contributed by atoms with Gasteiger partial charge in [0.15, 0.2) is 0 Å². The summed E-state index contributed by atoms with van der Waals surface area (Å²) in [5.41, 5.74) is -1.02. The van der Waals surface area contributed by atoms with Crippen LogP contribution in [0.4, 0.5) is 26.3 Å². The molecule has 2 aromatic carbocycles. The van der Waals surface area contributed by atoms with Crippen LogP contribution in [-0.4, -0.2) is 29.9 Å². The topological polar surface area (TPSA) is 32.3 Å². The zero-order valence-corrected chi connectivity index (χ0v) is 21.1. The second-order valence-electron chi connectivity index (χ2n) is 11.2. The highest BCUT2D eigenvalue weighted by Gasteiger charge is 2.46. The van der Waals surface area contributed by atoms with E-state index in [1.54, 1.807) is 0 Å². The number of likely N-dealkylation sites (tertiary alicyclic amines) is 1. The molecule has 3 nitrogen and oxygen atoms in total. The van der Waals surface area contributed by atoms with Crippen LogP contribution in [0.15, 0.2) is 48.5 Å². The van der Waals surface area contributed by atoms with Crippen molar-refractivity contribution >= 4 is 12.0 Å². The third kappa shape index (κ3) is 5.09. The molecular formula is C29H30F6N2O. The van der Waals surface area contributed by atoms with E-state index in [1.165, 1.54) is 11.1 Å². The lowest BCUT2D eigenvalue weighted by molar-refractivity contribution is -0.143. The number of rotatable bonds is 4. The molecule has 0 unspecified atom stereocenters. The monoisotopic (exact) mass is 536 g/mol. The third-order valence-electron chi connectivity index (χ3n) is 8.65. The van der Waals surface area contributed by atoms with E-state index in [0.29, 0.717) is 25.0 Å². The number of allylic oxidation sites excluding steroid dienone is 1. The second kappa shape index (κ2) is 9.43. The van der Waals surface area contributed by atoms with Crippen LogP contribution in [0, 0.1) is 5.41 Å². The molecule has 5 rings (SSSR count). The third-order valence-corrected chi connectivity index (χ3v) is 8.65. The molecule has 2 atom stereocenters. The summed E-state index contributed by atoms with van der Waals surface area (Å²) in [6.07, 6.45) is -1.29. The number of hydrogen-bond acceptors (Lipinski definition) is 2. The highest BCUT2D eigenvalue weighted by molar-refractivity contribution is 5.82. The number of halogens is 6. The van der Waals surface area contributed by atoms with Crippen molar-refractivity contribution in [3.63, 3.8) is 0 Å². The zero-order valence-electron chi connectivity index (χ0n) is 21.1. The number of amides is 1. The van der Waals surface area contributed by atoms with Crippen molar-refractivity contribution in [2.45, 2.75) is 69.4 Å². The fourth-order valence-electron chi connectivity index (χ4n) is 6.40. The number of nitrogens with zero attached hydrogens (tertiary/aromatic N) is 1. The number of carbonyl (C=O) groups is 1. The summed E-state index contributed by atoms with van der Waals surface area (Å²) in [6, 6.07) is 10.1. The normalized spacial score (nSPS) is 25.1. The molecule has 1 spiro atoms. The van der Waals surface area contributed by atoms with Crippen LogP contribution in [0.1, 0.15) is 66.8 Å². The highest BCUT2D eigenvalue weighted by Crippen LogP contribution is 2.47. The minimum absolute atomic E-state index is 0.0621. The van der Waals surface area contributed by atoms with Crippen LogP contribution in [-0.2, 0) is 29.1 Å². The summed E-state index contributed by atoms with van der Waals surface area (Å²) in [6.45, 7) is 3.25. The van der Waals surface area contributed by atoms with Crippen LogP contribution >= 0.6 is 0 Å². The van der Waals surface area contributed by atoms with E-state index in [1.807, 2.05) is 13.0 Å². The van der Waals surface area contributed by atoms with Gasteiger partial charge in [-0.25, -0.2) is 0 Å². The number of carbonyl (C=O) groups excluding carboxylic acids is 1. The summed E-state index contributed by atoms with van der Waals surface area (Å²) in [5, 5.41) is 2.61. The molecule has 1 saturated heterocycles. The number of hydrogen-bond donors (Lipinski definition) is 1. The predicted octanol–water partition coefficient (Wildman–Crippen LogP) is 6.96. The number of nitrogens with one attached hydrogen (secondary N) is 1. The maximum absolute atomic E-state index is 13.2. The summed E-state index contributed by atoms with van der Waals surface area (Å²) >= 11 is 0. The molecule has 0 aromatic heterocycles. The van der Waals surface area contributed by atoms with Gasteiger partial charge in [0.05, 0.1) is 11.1 Å². The summed E-state index contributed by atoms with van der Waals surface area (Å²) < 4.78 is 79.0. The Morgan fingerprint density at radius 1 is 0.974 bits per heavy atom. The average molecular weight is 537 g/mol. The van der Waals surface area contributed by atoms with Gasteiger partial charge in [0.2, 0.25) is 5.91 Å². The van der Waals surface area contributed by atoms with Gasteiger partial charge in [-0.15, -0.1) is 0 Å². The first kappa shape index (κ1) is 26.8. The molecule has 1 saturated carbocycles. The largest absolute Gasteiger partial charge is 0.416 e. The quantitative estimate of drug-likeness (QED) is 0.429. The fourth-order valence-corrected chi connectivity index (χ4v) is 6.40. The van der Waals surface area contributed by atoms with Gasteiger partial charge in [-0.05, 0) is 80.1 Å². The molecule has 2 aliphatic carbocycles. The molecule has 38 heavy (non-hydrogen) atoms. The zero-order chi connectivity index (χ0) is 27.3. The van der Waals surface area contributed by atoms with E-state index < -0.39 is 35.4 Å². The number of benzene rings is 2. The molecule has 3 aliphatic rings. The molecule has 0 radical (unpaired) electrons. The summed E-state index contributed by atoms with van der Waals surface area (Å²) in [7, 11) is 0. The van der Waals surface area contributed by atoms with Crippen LogP contribution < -0.4 is 5.32 Å². The van der Waals surface area contributed by atoms with Gasteiger partial charge in [-0.3, -0.25) is 4.79 Å². The Hall–Kier alpha value is -2.81. The first-order valence-corrected chi connectivity index (χ1v) is 12.9. The van der Waals surface area contributed by atoms with Gasteiger partial charge in [-0.1, -0.05) is 43.3 Å². The van der Waals surface area contributed by atoms with Crippen molar-refractivity contribution in [3.8, 4) is 0 Å². The van der Waals surface area contributed by atoms with E-state index in [-0.39, 0.29) is 29.0 Å². The van der Waals surface area contributed by atoms with Crippen LogP contribution in [0.25, 0.3) is 6.08 Å². The SMILES string of the molecule is C[C@]1(C(=O)NCc2cc(C(F)(F)F)cc(C(F)(F)F)c2)CC[C@@H](N2CCC3(C=Cc4ccccc43)CC2)C1. The predicted molar refractivity (Wildman–Crippen MR) is 132 cm³/mol. The molecule has 1 aliphatic heterocycles. The van der Waals surface area contributed by atoms with Gasteiger partial charge >= 0.3 is 12.4 Å². The number of piperidine rings is 1. The second-order valence-corrected chi connectivity index (χ2v) is 11.2. The maximum atomic E-state index is 13.2. The van der Waals surface area contributed by atoms with E-state index in [2.05, 4.69) is 40.6 Å². The smallest absolute Gasteiger partial charge is 0.352 e. The van der Waals surface area contributed by atoms with Gasteiger partial charge < -0.3 is 10.2 Å². The van der Waals surface area contributed by atoms with Crippen molar-refractivity contribution in [2.75, 3.05) is 13.1 Å².